The summed E-state index contributed by atoms with van der Waals surface area (Å²) >= 11 is 0. The van der Waals surface area contributed by atoms with Crippen LogP contribution in [0.15, 0.2) is 83.4 Å². The molecule has 5 aromatic rings. The van der Waals surface area contributed by atoms with Crippen LogP contribution in [0.4, 0.5) is 48.0 Å². The zero-order valence-corrected chi connectivity index (χ0v) is 24.4. The Morgan fingerprint density at radius 3 is 2.34 bits per heavy atom. The van der Waals surface area contributed by atoms with Crippen LogP contribution in [0.5, 0.6) is 0 Å². The van der Waals surface area contributed by atoms with Crippen molar-refractivity contribution in [1.82, 2.24) is 15.0 Å². The number of rotatable bonds is 8. The summed E-state index contributed by atoms with van der Waals surface area (Å²) in [5, 5.41) is 13.5. The van der Waals surface area contributed by atoms with Crippen molar-refractivity contribution in [1.29, 1.82) is 0 Å². The number of benzene rings is 3. The average molecular weight is 629 g/mol. The zero-order valence-electron chi connectivity index (χ0n) is 23.6. The number of carboxylic acids is 1. The number of aromatic nitrogens is 3. The molecule has 3 aromatic carbocycles. The fourth-order valence-electron chi connectivity index (χ4n) is 3.84. The lowest BCUT2D eigenvalue weighted by molar-refractivity contribution is -0.192. The number of carbonyl (C=O) groups is 1. The Kier molecular flexibility index (Phi) is 9.37. The normalized spacial score (nSPS) is 11.4. The molecule has 15 heteroatoms. The molecule has 0 spiro atoms. The van der Waals surface area contributed by atoms with E-state index in [2.05, 4.69) is 25.6 Å². The molecule has 2 heterocycles. The first kappa shape index (κ1) is 31.7. The lowest BCUT2D eigenvalue weighted by Gasteiger charge is -2.18. The number of hydrogen-bond acceptors (Lipinski definition) is 10. The number of aliphatic carboxylic acids is 1. The largest absolute Gasteiger partial charge is 0.490 e. The zero-order chi connectivity index (χ0) is 32.1. The van der Waals surface area contributed by atoms with E-state index in [0.29, 0.717) is 40.1 Å². The average Bonchev–Trinajstić information content (AvgIpc) is 3.35. The summed E-state index contributed by atoms with van der Waals surface area (Å²) in [7, 11) is -1.22. The highest BCUT2D eigenvalue weighted by Gasteiger charge is 2.38. The fourth-order valence-corrected chi connectivity index (χ4v) is 4.62. The van der Waals surface area contributed by atoms with Crippen LogP contribution in [-0.4, -0.2) is 53.9 Å². The molecule has 0 aliphatic carbocycles. The lowest BCUT2D eigenvalue weighted by Crippen LogP contribution is -2.21. The maximum absolute atomic E-state index is 11.6. The molecule has 0 saturated heterocycles. The minimum atomic E-state index is -5.08. The number of oxazole rings is 1. The molecule has 11 nitrogen and oxygen atoms in total. The molecule has 2 aromatic heterocycles. The molecule has 3 N–H and O–H groups in total. The van der Waals surface area contributed by atoms with Gasteiger partial charge >= 0.3 is 12.1 Å². The molecule has 0 aliphatic rings. The van der Waals surface area contributed by atoms with Crippen molar-refractivity contribution in [3.8, 4) is 0 Å². The number of anilines is 6. The van der Waals surface area contributed by atoms with Gasteiger partial charge in [-0.25, -0.2) is 18.2 Å². The summed E-state index contributed by atoms with van der Waals surface area (Å²) in [6.07, 6.45) is -2.20. The van der Waals surface area contributed by atoms with E-state index < -0.39 is 22.0 Å². The smallest absolute Gasteiger partial charge is 0.475 e. The first-order valence-electron chi connectivity index (χ1n) is 12.8. The SMILES string of the molecule is Cc1ccc(Nc2nc3cc(N(C)c4ccnc(Nc5cccc(CS(C)(=O)=O)c5)n4)ccc3o2)cc1.O=C(O)C(F)(F)F. The molecule has 5 rings (SSSR count). The molecule has 230 valence electrons. The Morgan fingerprint density at radius 1 is 0.977 bits per heavy atom. The molecule has 0 saturated carbocycles. The number of carboxylic acid groups (broad SMARTS) is 1. The van der Waals surface area contributed by atoms with Crippen molar-refractivity contribution in [2.24, 2.45) is 0 Å². The molecular weight excluding hydrogens is 601 g/mol. The molecule has 0 fully saturated rings. The van der Waals surface area contributed by atoms with Gasteiger partial charge in [0.15, 0.2) is 15.4 Å². The Hall–Kier alpha value is -5.18. The Morgan fingerprint density at radius 2 is 1.68 bits per heavy atom. The topological polar surface area (TPSA) is 151 Å². The second-order valence-electron chi connectivity index (χ2n) is 9.66. The van der Waals surface area contributed by atoms with Gasteiger partial charge in [-0.1, -0.05) is 29.8 Å². The standard InChI is InChI=1S/C27H26N6O3S.C2HF3O2/c1-18-7-9-20(10-8-18)30-27-31-23-16-22(11-12-24(23)36-27)33(2)25-13-14-28-26(32-25)29-21-6-4-5-19(15-21)17-37(3,34)35;3-2(4,5)1(6)7/h4-16H,17H2,1-3H3,(H,30,31)(H,28,29,32);(H,6,7). The minimum absolute atomic E-state index is 0.0288. The highest BCUT2D eigenvalue weighted by atomic mass is 32.2. The van der Waals surface area contributed by atoms with Gasteiger partial charge in [0.1, 0.15) is 11.3 Å². The summed E-state index contributed by atoms with van der Waals surface area (Å²) in [5.41, 5.74) is 5.75. The van der Waals surface area contributed by atoms with Crippen molar-refractivity contribution >= 4 is 61.7 Å². The maximum atomic E-state index is 11.6. The lowest BCUT2D eigenvalue weighted by atomic mass is 10.2. The third-order valence-corrected chi connectivity index (χ3v) is 6.76. The molecular formula is C29H27F3N6O5S. The number of hydrogen-bond donors (Lipinski definition) is 3. The quantitative estimate of drug-likeness (QED) is 0.176. The summed E-state index contributed by atoms with van der Waals surface area (Å²) in [5.74, 6) is -1.72. The maximum Gasteiger partial charge on any atom is 0.490 e. The molecule has 0 radical (unpaired) electrons. The van der Waals surface area contributed by atoms with Crippen LogP contribution < -0.4 is 15.5 Å². The Balaban J connectivity index is 0.000000566. The van der Waals surface area contributed by atoms with Gasteiger partial charge in [0.05, 0.1) is 5.75 Å². The fraction of sp³-hybridized carbons (Fsp3) is 0.172. The van der Waals surface area contributed by atoms with Gasteiger partial charge in [-0.2, -0.15) is 23.1 Å². The Labute approximate surface area is 250 Å². The number of sulfone groups is 1. The van der Waals surface area contributed by atoms with E-state index in [1.54, 1.807) is 24.4 Å². The highest BCUT2D eigenvalue weighted by molar-refractivity contribution is 7.89. The first-order valence-corrected chi connectivity index (χ1v) is 14.9. The number of halogens is 3. The van der Waals surface area contributed by atoms with E-state index in [9.17, 15) is 21.6 Å². The summed E-state index contributed by atoms with van der Waals surface area (Å²) in [4.78, 5) is 24.3. The highest BCUT2D eigenvalue weighted by Crippen LogP contribution is 2.29. The van der Waals surface area contributed by atoms with Crippen LogP contribution >= 0.6 is 0 Å². The summed E-state index contributed by atoms with van der Waals surface area (Å²) in [6.45, 7) is 2.04. The number of nitrogens with zero attached hydrogens (tertiary/aromatic N) is 4. The van der Waals surface area contributed by atoms with Crippen LogP contribution in [-0.2, 0) is 20.4 Å². The second-order valence-corrected chi connectivity index (χ2v) is 11.8. The van der Waals surface area contributed by atoms with Crippen molar-refractivity contribution in [3.63, 3.8) is 0 Å². The number of fused-ring (bicyclic) bond motifs is 1. The van der Waals surface area contributed by atoms with Crippen LogP contribution in [0.3, 0.4) is 0 Å². The minimum Gasteiger partial charge on any atom is -0.475 e. The molecule has 0 unspecified atom stereocenters. The Bertz CT molecular complexity index is 1880. The van der Waals surface area contributed by atoms with Crippen molar-refractivity contribution < 1.29 is 35.9 Å². The van der Waals surface area contributed by atoms with Crippen LogP contribution in [0, 0.1) is 6.92 Å². The van der Waals surface area contributed by atoms with E-state index in [1.807, 2.05) is 73.5 Å². The van der Waals surface area contributed by atoms with Crippen molar-refractivity contribution in [3.05, 3.63) is 90.1 Å². The van der Waals surface area contributed by atoms with Crippen molar-refractivity contribution in [2.45, 2.75) is 18.9 Å². The molecule has 44 heavy (non-hydrogen) atoms. The monoisotopic (exact) mass is 628 g/mol. The van der Waals surface area contributed by atoms with Gasteiger partial charge in [0.2, 0.25) is 5.95 Å². The third-order valence-electron chi connectivity index (χ3n) is 5.90. The van der Waals surface area contributed by atoms with Crippen LogP contribution in [0.2, 0.25) is 0 Å². The van der Waals surface area contributed by atoms with E-state index in [0.717, 1.165) is 11.4 Å². The van der Waals surface area contributed by atoms with Gasteiger partial charge in [0, 0.05) is 36.6 Å². The molecule has 0 bridgehead atoms. The van der Waals surface area contributed by atoms with E-state index in [1.165, 1.54) is 11.8 Å². The predicted octanol–water partition coefficient (Wildman–Crippen LogP) is 6.36. The summed E-state index contributed by atoms with van der Waals surface area (Å²) < 4.78 is 60.9. The van der Waals surface area contributed by atoms with Crippen LogP contribution in [0.25, 0.3) is 11.1 Å². The van der Waals surface area contributed by atoms with Crippen molar-refractivity contribution in [2.75, 3.05) is 28.8 Å². The van der Waals surface area contributed by atoms with Gasteiger partial charge < -0.3 is 25.1 Å². The number of aryl methyl sites for hydroxylation is 1. The van der Waals surface area contributed by atoms with E-state index >= 15 is 0 Å². The van der Waals surface area contributed by atoms with Gasteiger partial charge in [-0.15, -0.1) is 0 Å². The predicted molar refractivity (Wildman–Crippen MR) is 161 cm³/mol. The summed E-state index contributed by atoms with van der Waals surface area (Å²) in [6, 6.07) is 23.2. The van der Waals surface area contributed by atoms with E-state index in [-0.39, 0.29) is 5.75 Å². The molecule has 0 atom stereocenters. The van der Waals surface area contributed by atoms with Crippen LogP contribution in [0.1, 0.15) is 11.1 Å². The molecule has 0 amide bonds. The second kappa shape index (κ2) is 13.0. The van der Waals surface area contributed by atoms with Gasteiger partial charge in [0.25, 0.3) is 6.01 Å². The van der Waals surface area contributed by atoms with Gasteiger partial charge in [-0.05, 0) is 61.0 Å². The third kappa shape index (κ3) is 8.91. The first-order chi connectivity index (χ1) is 20.7. The molecule has 0 aliphatic heterocycles. The number of nitrogens with one attached hydrogen (secondary N) is 2. The van der Waals surface area contributed by atoms with Gasteiger partial charge in [-0.3, -0.25) is 0 Å². The van der Waals surface area contributed by atoms with E-state index in [4.69, 9.17) is 14.3 Å². The number of alkyl halides is 3.